The number of carbonyl (C=O) groups excluding carboxylic acids is 1. The van der Waals surface area contributed by atoms with Crippen molar-refractivity contribution in [3.63, 3.8) is 0 Å². The number of amides is 1. The fraction of sp³-hybridized carbons (Fsp3) is 0.471. The molecule has 2 aromatic rings. The van der Waals surface area contributed by atoms with Gasteiger partial charge in [0.1, 0.15) is 0 Å². The summed E-state index contributed by atoms with van der Waals surface area (Å²) < 4.78 is 41.0. The van der Waals surface area contributed by atoms with Gasteiger partial charge in [-0.3, -0.25) is 9.48 Å². The Hall–Kier alpha value is -2.38. The number of benzene rings is 1. The van der Waals surface area contributed by atoms with Crippen LogP contribution in [0.4, 0.5) is 13.2 Å². The summed E-state index contributed by atoms with van der Waals surface area (Å²) in [7, 11) is 3.33. The number of carbonyl (C=O) groups is 1. The van der Waals surface area contributed by atoms with Gasteiger partial charge in [-0.05, 0) is 24.5 Å². The van der Waals surface area contributed by atoms with Crippen molar-refractivity contribution in [1.29, 1.82) is 0 Å². The third kappa shape index (κ3) is 3.52. The van der Waals surface area contributed by atoms with Crippen LogP contribution in [0, 0.1) is 5.92 Å². The molecular weight excluding hydrogens is 333 g/mol. The minimum atomic E-state index is -4.43. The lowest BCUT2D eigenvalue weighted by Gasteiger charge is -2.27. The Bertz CT molecular complexity index is 784. The zero-order chi connectivity index (χ0) is 18.2. The molecule has 0 N–H and O–H groups in total. The first-order valence-corrected chi connectivity index (χ1v) is 8.05. The van der Waals surface area contributed by atoms with Gasteiger partial charge < -0.3 is 4.90 Å². The quantitative estimate of drug-likeness (QED) is 0.853. The third-order valence-electron chi connectivity index (χ3n) is 4.65. The smallest absolute Gasteiger partial charge is 0.341 e. The molecule has 0 saturated carbocycles. The molecule has 1 aliphatic rings. The molecule has 3 rings (SSSR count). The summed E-state index contributed by atoms with van der Waals surface area (Å²) in [6.07, 6.45) is -2.62. The van der Waals surface area contributed by atoms with E-state index >= 15 is 0 Å². The Kier molecular flexibility index (Phi) is 4.53. The molecule has 0 aliphatic heterocycles. The van der Waals surface area contributed by atoms with E-state index in [0.29, 0.717) is 19.3 Å². The number of rotatable bonds is 3. The first-order chi connectivity index (χ1) is 11.8. The topological polar surface area (TPSA) is 51.0 Å². The maximum atomic E-state index is 13.1. The van der Waals surface area contributed by atoms with E-state index in [1.54, 1.807) is 24.8 Å². The highest BCUT2D eigenvalue weighted by Gasteiger charge is 2.34. The number of aryl methyl sites for hydroxylation is 2. The maximum absolute atomic E-state index is 13.1. The highest BCUT2D eigenvalue weighted by Crippen LogP contribution is 2.32. The van der Waals surface area contributed by atoms with Gasteiger partial charge >= 0.3 is 6.18 Å². The number of hydrogen-bond donors (Lipinski definition) is 0. The van der Waals surface area contributed by atoms with Gasteiger partial charge in [-0.25, -0.2) is 0 Å². The van der Waals surface area contributed by atoms with Crippen molar-refractivity contribution >= 4 is 5.91 Å². The van der Waals surface area contributed by atoms with E-state index in [-0.39, 0.29) is 23.9 Å². The lowest BCUT2D eigenvalue weighted by Crippen LogP contribution is -2.36. The van der Waals surface area contributed by atoms with Crippen LogP contribution in [0.25, 0.3) is 0 Å². The Morgan fingerprint density at radius 1 is 1.36 bits per heavy atom. The monoisotopic (exact) mass is 352 g/mol. The summed E-state index contributed by atoms with van der Waals surface area (Å²) in [5.74, 6) is -0.406. The number of alkyl halides is 3. The average Bonchev–Trinajstić information content (AvgIpc) is 2.94. The van der Waals surface area contributed by atoms with Crippen molar-refractivity contribution in [3.05, 3.63) is 46.8 Å². The number of halogens is 3. The number of aromatic nitrogens is 3. The fourth-order valence-electron chi connectivity index (χ4n) is 3.30. The Balaban J connectivity index is 1.73. The van der Waals surface area contributed by atoms with Crippen molar-refractivity contribution in [2.45, 2.75) is 32.0 Å². The molecule has 1 amide bonds. The van der Waals surface area contributed by atoms with Crippen LogP contribution in [0.5, 0.6) is 0 Å². The number of nitrogens with zero attached hydrogens (tertiary/aromatic N) is 4. The highest BCUT2D eigenvalue weighted by molar-refractivity contribution is 5.79. The van der Waals surface area contributed by atoms with Crippen molar-refractivity contribution in [2.75, 3.05) is 7.05 Å². The van der Waals surface area contributed by atoms with E-state index in [4.69, 9.17) is 0 Å². The van der Waals surface area contributed by atoms with E-state index in [9.17, 15) is 18.0 Å². The molecule has 25 heavy (non-hydrogen) atoms. The minimum Gasteiger partial charge on any atom is -0.341 e. The first kappa shape index (κ1) is 17.4. The fourth-order valence-corrected chi connectivity index (χ4v) is 3.30. The van der Waals surface area contributed by atoms with Crippen LogP contribution in [0.3, 0.4) is 0 Å². The highest BCUT2D eigenvalue weighted by atomic mass is 19.4. The standard InChI is InChI=1S/C17H19F3N4O/c1-23(10-12-5-3-4-6-13(12)17(18,19)20)16(25)11-7-8-14-15(9-11)24(2)22-21-14/h3-6,11H,7-10H2,1-2H3. The predicted molar refractivity (Wildman–Crippen MR) is 84.4 cm³/mol. The van der Waals surface area contributed by atoms with Gasteiger partial charge in [0, 0.05) is 33.0 Å². The lowest BCUT2D eigenvalue weighted by atomic mass is 9.88. The molecule has 134 valence electrons. The molecule has 8 heteroatoms. The first-order valence-electron chi connectivity index (χ1n) is 8.05. The van der Waals surface area contributed by atoms with Gasteiger partial charge in [-0.15, -0.1) is 5.10 Å². The zero-order valence-electron chi connectivity index (χ0n) is 14.0. The third-order valence-corrected chi connectivity index (χ3v) is 4.65. The molecule has 1 heterocycles. The van der Waals surface area contributed by atoms with Crippen LogP contribution in [-0.2, 0) is 37.4 Å². The molecule has 0 radical (unpaired) electrons. The SMILES string of the molecule is CN(Cc1ccccc1C(F)(F)F)C(=O)C1CCc2nnn(C)c2C1. The summed E-state index contributed by atoms with van der Waals surface area (Å²) in [4.78, 5) is 14.1. The summed E-state index contributed by atoms with van der Waals surface area (Å²) in [6, 6.07) is 5.36. The van der Waals surface area contributed by atoms with E-state index in [2.05, 4.69) is 10.3 Å². The Morgan fingerprint density at radius 2 is 2.08 bits per heavy atom. The summed E-state index contributed by atoms with van der Waals surface area (Å²) >= 11 is 0. The zero-order valence-corrected chi connectivity index (χ0v) is 14.0. The Labute approximate surface area is 143 Å². The van der Waals surface area contributed by atoms with Gasteiger partial charge in [0.25, 0.3) is 0 Å². The van der Waals surface area contributed by atoms with E-state index in [1.807, 2.05) is 0 Å². The van der Waals surface area contributed by atoms with E-state index in [0.717, 1.165) is 17.5 Å². The molecule has 1 aromatic heterocycles. The molecule has 5 nitrogen and oxygen atoms in total. The molecular formula is C17H19F3N4O. The average molecular weight is 352 g/mol. The van der Waals surface area contributed by atoms with Crippen molar-refractivity contribution in [2.24, 2.45) is 13.0 Å². The van der Waals surface area contributed by atoms with Crippen LogP contribution in [0.1, 0.15) is 28.9 Å². The number of fused-ring (bicyclic) bond motifs is 1. The number of hydrogen-bond acceptors (Lipinski definition) is 3. The molecule has 1 aliphatic carbocycles. The van der Waals surface area contributed by atoms with Crippen LogP contribution in [-0.4, -0.2) is 32.8 Å². The molecule has 1 aromatic carbocycles. The lowest BCUT2D eigenvalue weighted by molar-refractivity contribution is -0.140. The van der Waals surface area contributed by atoms with Crippen molar-refractivity contribution in [1.82, 2.24) is 19.9 Å². The van der Waals surface area contributed by atoms with E-state index in [1.165, 1.54) is 17.0 Å². The van der Waals surface area contributed by atoms with Crippen molar-refractivity contribution in [3.8, 4) is 0 Å². The second kappa shape index (κ2) is 6.50. The molecule has 1 unspecified atom stereocenters. The predicted octanol–water partition coefficient (Wildman–Crippen LogP) is 2.60. The molecule has 0 fully saturated rings. The van der Waals surface area contributed by atoms with Crippen molar-refractivity contribution < 1.29 is 18.0 Å². The molecule has 0 saturated heterocycles. The maximum Gasteiger partial charge on any atom is 0.416 e. The van der Waals surface area contributed by atoms with Gasteiger partial charge in [-0.1, -0.05) is 23.4 Å². The van der Waals surface area contributed by atoms with Gasteiger partial charge in [0.05, 0.1) is 17.0 Å². The van der Waals surface area contributed by atoms with Gasteiger partial charge in [0.15, 0.2) is 0 Å². The summed E-state index contributed by atoms with van der Waals surface area (Å²) in [5, 5.41) is 8.02. The molecule has 1 atom stereocenters. The molecule has 0 spiro atoms. The van der Waals surface area contributed by atoms with E-state index < -0.39 is 11.7 Å². The summed E-state index contributed by atoms with van der Waals surface area (Å²) in [5.41, 5.74) is 1.23. The second-order valence-corrected chi connectivity index (χ2v) is 6.40. The van der Waals surface area contributed by atoms with Crippen LogP contribution in [0.15, 0.2) is 24.3 Å². The molecule has 0 bridgehead atoms. The second-order valence-electron chi connectivity index (χ2n) is 6.40. The van der Waals surface area contributed by atoms with Crippen LogP contribution in [0.2, 0.25) is 0 Å². The minimum absolute atomic E-state index is 0.0679. The normalized spacial score (nSPS) is 17.2. The summed E-state index contributed by atoms with van der Waals surface area (Å²) in [6.45, 7) is -0.0679. The van der Waals surface area contributed by atoms with Gasteiger partial charge in [0.2, 0.25) is 5.91 Å². The van der Waals surface area contributed by atoms with Gasteiger partial charge in [-0.2, -0.15) is 13.2 Å². The van der Waals surface area contributed by atoms with Crippen LogP contribution < -0.4 is 0 Å². The largest absolute Gasteiger partial charge is 0.416 e. The Morgan fingerprint density at radius 3 is 2.80 bits per heavy atom. The van der Waals surface area contributed by atoms with Crippen LogP contribution >= 0.6 is 0 Å².